The van der Waals surface area contributed by atoms with E-state index >= 15 is 0 Å². The van der Waals surface area contributed by atoms with Crippen molar-refractivity contribution in [3.63, 3.8) is 0 Å². The molecule has 0 atom stereocenters. The van der Waals surface area contributed by atoms with E-state index in [2.05, 4.69) is 10.3 Å². The molecule has 4 nitrogen and oxygen atoms in total. The third-order valence-corrected chi connectivity index (χ3v) is 3.28. The number of halogens is 1. The van der Waals surface area contributed by atoms with Gasteiger partial charge in [0.15, 0.2) is 5.13 Å². The van der Waals surface area contributed by atoms with Gasteiger partial charge in [-0.3, -0.25) is 4.79 Å². The molecule has 0 spiro atoms. The van der Waals surface area contributed by atoms with E-state index in [1.807, 2.05) is 32.0 Å². The number of alkyl halides is 1. The SMILES string of the molecule is CC(C)Oc1ccc2nc(NC(=O)CCl)sc2c1. The monoisotopic (exact) mass is 284 g/mol. The van der Waals surface area contributed by atoms with Crippen LogP contribution in [0.4, 0.5) is 5.13 Å². The lowest BCUT2D eigenvalue weighted by Crippen LogP contribution is -2.11. The summed E-state index contributed by atoms with van der Waals surface area (Å²) in [5.74, 6) is 0.475. The first kappa shape index (κ1) is 13.1. The fourth-order valence-corrected chi connectivity index (χ4v) is 2.43. The van der Waals surface area contributed by atoms with Gasteiger partial charge in [0.2, 0.25) is 5.91 Å². The Bertz CT molecular complexity index is 568. The fraction of sp³-hybridized carbons (Fsp3) is 0.333. The van der Waals surface area contributed by atoms with E-state index in [0.717, 1.165) is 16.0 Å². The fourth-order valence-electron chi connectivity index (χ4n) is 1.46. The van der Waals surface area contributed by atoms with Crippen LogP contribution >= 0.6 is 22.9 Å². The number of fused-ring (bicyclic) bond motifs is 1. The lowest BCUT2D eigenvalue weighted by molar-refractivity contribution is -0.113. The molecule has 6 heteroatoms. The van der Waals surface area contributed by atoms with Crippen LogP contribution in [0.5, 0.6) is 5.75 Å². The first-order chi connectivity index (χ1) is 8.58. The van der Waals surface area contributed by atoms with Gasteiger partial charge in [-0.1, -0.05) is 11.3 Å². The van der Waals surface area contributed by atoms with Gasteiger partial charge in [-0.25, -0.2) is 4.98 Å². The summed E-state index contributed by atoms with van der Waals surface area (Å²) in [6.07, 6.45) is 0.130. The molecule has 0 radical (unpaired) electrons. The van der Waals surface area contributed by atoms with Gasteiger partial charge in [0.25, 0.3) is 0 Å². The van der Waals surface area contributed by atoms with Crippen LogP contribution in [0.3, 0.4) is 0 Å². The molecule has 2 rings (SSSR count). The van der Waals surface area contributed by atoms with Gasteiger partial charge in [-0.05, 0) is 32.0 Å². The number of rotatable bonds is 4. The molecular formula is C12H13ClN2O2S. The molecule has 0 aliphatic carbocycles. The molecule has 0 aliphatic rings. The summed E-state index contributed by atoms with van der Waals surface area (Å²) < 4.78 is 6.57. The second kappa shape index (κ2) is 5.54. The highest BCUT2D eigenvalue weighted by atomic mass is 35.5. The van der Waals surface area contributed by atoms with E-state index in [1.165, 1.54) is 11.3 Å². The van der Waals surface area contributed by atoms with Crippen molar-refractivity contribution < 1.29 is 9.53 Å². The van der Waals surface area contributed by atoms with Crippen molar-refractivity contribution in [3.8, 4) is 5.75 Å². The van der Waals surface area contributed by atoms with Gasteiger partial charge in [0.1, 0.15) is 11.6 Å². The Morgan fingerprint density at radius 2 is 2.33 bits per heavy atom. The van der Waals surface area contributed by atoms with E-state index in [1.54, 1.807) is 0 Å². The van der Waals surface area contributed by atoms with Gasteiger partial charge in [0, 0.05) is 0 Å². The molecular weight excluding hydrogens is 272 g/mol. The highest BCUT2D eigenvalue weighted by Gasteiger charge is 2.08. The predicted octanol–water partition coefficient (Wildman–Crippen LogP) is 3.26. The number of aromatic nitrogens is 1. The number of ether oxygens (including phenoxy) is 1. The molecule has 0 unspecified atom stereocenters. The van der Waals surface area contributed by atoms with Crippen LogP contribution in [0.15, 0.2) is 18.2 Å². The van der Waals surface area contributed by atoms with E-state index in [9.17, 15) is 4.79 Å². The van der Waals surface area contributed by atoms with Crippen LogP contribution in [0, 0.1) is 0 Å². The Morgan fingerprint density at radius 3 is 3.00 bits per heavy atom. The molecule has 0 bridgehead atoms. The van der Waals surface area contributed by atoms with E-state index in [4.69, 9.17) is 16.3 Å². The van der Waals surface area contributed by atoms with Crippen molar-refractivity contribution >= 4 is 44.2 Å². The number of carbonyl (C=O) groups excluding carboxylic acids is 1. The second-order valence-electron chi connectivity index (χ2n) is 4.00. The average molecular weight is 285 g/mol. The third-order valence-electron chi connectivity index (χ3n) is 2.10. The quantitative estimate of drug-likeness (QED) is 0.877. The summed E-state index contributed by atoms with van der Waals surface area (Å²) in [6, 6.07) is 5.67. The number of nitrogens with one attached hydrogen (secondary N) is 1. The number of hydrogen-bond acceptors (Lipinski definition) is 4. The minimum Gasteiger partial charge on any atom is -0.491 e. The number of hydrogen-bond donors (Lipinski definition) is 1. The molecule has 1 amide bonds. The highest BCUT2D eigenvalue weighted by Crippen LogP contribution is 2.29. The first-order valence-electron chi connectivity index (χ1n) is 5.51. The average Bonchev–Trinajstić information content (AvgIpc) is 2.69. The van der Waals surface area contributed by atoms with Crippen molar-refractivity contribution in [1.29, 1.82) is 0 Å². The maximum atomic E-state index is 11.2. The van der Waals surface area contributed by atoms with Crippen LogP contribution in [-0.2, 0) is 4.79 Å². The molecule has 2 aromatic rings. The smallest absolute Gasteiger partial charge is 0.241 e. The summed E-state index contributed by atoms with van der Waals surface area (Å²) in [5.41, 5.74) is 0.834. The summed E-state index contributed by atoms with van der Waals surface area (Å²) in [7, 11) is 0. The standard InChI is InChI=1S/C12H13ClN2O2S/c1-7(2)17-8-3-4-9-10(5-8)18-12(14-9)15-11(16)6-13/h3-5,7H,6H2,1-2H3,(H,14,15,16). The van der Waals surface area contributed by atoms with Gasteiger partial charge < -0.3 is 10.1 Å². The zero-order valence-electron chi connectivity index (χ0n) is 10.1. The Labute approximate surface area is 114 Å². The largest absolute Gasteiger partial charge is 0.491 e. The van der Waals surface area contributed by atoms with Gasteiger partial charge in [0.05, 0.1) is 16.3 Å². The Morgan fingerprint density at radius 1 is 1.56 bits per heavy atom. The van der Waals surface area contributed by atoms with E-state index in [0.29, 0.717) is 5.13 Å². The van der Waals surface area contributed by atoms with Gasteiger partial charge in [-0.2, -0.15) is 0 Å². The summed E-state index contributed by atoms with van der Waals surface area (Å²) >= 11 is 6.83. The minimum absolute atomic E-state index is 0.0718. The zero-order valence-corrected chi connectivity index (χ0v) is 11.6. The second-order valence-corrected chi connectivity index (χ2v) is 5.29. The van der Waals surface area contributed by atoms with Crippen molar-refractivity contribution in [2.24, 2.45) is 0 Å². The van der Waals surface area contributed by atoms with E-state index < -0.39 is 0 Å². The van der Waals surface area contributed by atoms with E-state index in [-0.39, 0.29) is 17.9 Å². The number of benzene rings is 1. The lowest BCUT2D eigenvalue weighted by atomic mass is 10.3. The Balaban J connectivity index is 2.25. The molecule has 0 fully saturated rings. The number of nitrogens with zero attached hydrogens (tertiary/aromatic N) is 1. The number of thiazole rings is 1. The summed E-state index contributed by atoms with van der Waals surface area (Å²) in [4.78, 5) is 15.5. The Kier molecular flexibility index (Phi) is 4.04. The topological polar surface area (TPSA) is 51.2 Å². The minimum atomic E-state index is -0.255. The predicted molar refractivity (Wildman–Crippen MR) is 74.7 cm³/mol. The molecule has 0 saturated carbocycles. The molecule has 1 aromatic heterocycles. The molecule has 18 heavy (non-hydrogen) atoms. The number of anilines is 1. The van der Waals surface area contributed by atoms with Gasteiger partial charge >= 0.3 is 0 Å². The summed E-state index contributed by atoms with van der Waals surface area (Å²) in [5, 5.41) is 3.19. The zero-order chi connectivity index (χ0) is 13.1. The maximum Gasteiger partial charge on any atom is 0.241 e. The maximum absolute atomic E-state index is 11.2. The highest BCUT2D eigenvalue weighted by molar-refractivity contribution is 7.22. The van der Waals surface area contributed by atoms with Gasteiger partial charge in [-0.15, -0.1) is 11.6 Å². The van der Waals surface area contributed by atoms with Crippen LogP contribution in [0.1, 0.15) is 13.8 Å². The van der Waals surface area contributed by atoms with Crippen molar-refractivity contribution in [2.75, 3.05) is 11.2 Å². The van der Waals surface area contributed by atoms with Crippen molar-refractivity contribution in [1.82, 2.24) is 4.98 Å². The molecule has 1 N–H and O–H groups in total. The van der Waals surface area contributed by atoms with Crippen molar-refractivity contribution in [2.45, 2.75) is 20.0 Å². The normalized spacial score (nSPS) is 10.9. The van der Waals surface area contributed by atoms with Crippen LogP contribution in [0.25, 0.3) is 10.2 Å². The third kappa shape index (κ3) is 3.11. The van der Waals surface area contributed by atoms with Crippen LogP contribution in [0.2, 0.25) is 0 Å². The molecule has 0 saturated heterocycles. The van der Waals surface area contributed by atoms with Crippen LogP contribution in [-0.4, -0.2) is 22.9 Å². The van der Waals surface area contributed by atoms with Crippen molar-refractivity contribution in [3.05, 3.63) is 18.2 Å². The lowest BCUT2D eigenvalue weighted by Gasteiger charge is -2.08. The number of carbonyl (C=O) groups is 1. The first-order valence-corrected chi connectivity index (χ1v) is 6.86. The molecule has 1 aromatic carbocycles. The molecule has 96 valence electrons. The number of amides is 1. The van der Waals surface area contributed by atoms with Crippen LogP contribution < -0.4 is 10.1 Å². The molecule has 1 heterocycles. The Hall–Kier alpha value is -1.33. The molecule has 0 aliphatic heterocycles. The summed E-state index contributed by atoms with van der Waals surface area (Å²) in [6.45, 7) is 3.95.